The number of hydrogen-bond donors (Lipinski definition) is 2. The number of aromatic nitrogens is 2. The Balaban J connectivity index is 1.66. The molecule has 0 atom stereocenters. The fraction of sp³-hybridized carbons (Fsp3) is 0.227. The molecule has 0 radical (unpaired) electrons. The monoisotopic (exact) mass is 392 g/mol. The summed E-state index contributed by atoms with van der Waals surface area (Å²) < 4.78 is 10.0. The van der Waals surface area contributed by atoms with E-state index in [0.717, 1.165) is 30.2 Å². The van der Waals surface area contributed by atoms with E-state index in [1.54, 1.807) is 25.3 Å². The number of benzene rings is 2. The van der Waals surface area contributed by atoms with Crippen LogP contribution in [0.3, 0.4) is 0 Å². The Kier molecular flexibility index (Phi) is 6.63. The Morgan fingerprint density at radius 2 is 1.86 bits per heavy atom. The molecule has 0 aliphatic carbocycles. The molecule has 3 aromatic rings. The SMILES string of the molecule is COC(=O)c1cccc(Nc2nc(C)cc(NCCc3cccc(OC)c3)n2)c1. The van der Waals surface area contributed by atoms with Gasteiger partial charge in [0.15, 0.2) is 0 Å². The number of carbonyl (C=O) groups is 1. The molecular weight excluding hydrogens is 368 g/mol. The molecule has 0 saturated carbocycles. The molecule has 7 nitrogen and oxygen atoms in total. The summed E-state index contributed by atoms with van der Waals surface area (Å²) in [6, 6.07) is 16.9. The van der Waals surface area contributed by atoms with Gasteiger partial charge in [-0.25, -0.2) is 9.78 Å². The fourth-order valence-corrected chi connectivity index (χ4v) is 2.85. The third kappa shape index (κ3) is 5.68. The normalized spacial score (nSPS) is 10.3. The van der Waals surface area contributed by atoms with Crippen molar-refractivity contribution in [2.24, 2.45) is 0 Å². The summed E-state index contributed by atoms with van der Waals surface area (Å²) in [6.07, 6.45) is 0.837. The largest absolute Gasteiger partial charge is 0.497 e. The van der Waals surface area contributed by atoms with Crippen LogP contribution in [0.1, 0.15) is 21.6 Å². The van der Waals surface area contributed by atoms with Gasteiger partial charge in [0.2, 0.25) is 5.95 Å². The van der Waals surface area contributed by atoms with Gasteiger partial charge >= 0.3 is 5.97 Å². The average molecular weight is 392 g/mol. The zero-order chi connectivity index (χ0) is 20.6. The van der Waals surface area contributed by atoms with Gasteiger partial charge in [-0.05, 0) is 49.2 Å². The van der Waals surface area contributed by atoms with Crippen molar-refractivity contribution in [3.63, 3.8) is 0 Å². The van der Waals surface area contributed by atoms with Crippen molar-refractivity contribution in [1.82, 2.24) is 9.97 Å². The van der Waals surface area contributed by atoms with Crippen LogP contribution >= 0.6 is 0 Å². The summed E-state index contributed by atoms with van der Waals surface area (Å²) in [5, 5.41) is 6.47. The zero-order valence-corrected chi connectivity index (χ0v) is 16.7. The molecule has 1 heterocycles. The molecular formula is C22H24N4O3. The lowest BCUT2D eigenvalue weighted by Crippen LogP contribution is -2.09. The van der Waals surface area contributed by atoms with E-state index in [9.17, 15) is 4.79 Å². The molecule has 7 heteroatoms. The number of methoxy groups -OCH3 is 2. The van der Waals surface area contributed by atoms with Gasteiger partial charge < -0.3 is 20.1 Å². The van der Waals surface area contributed by atoms with E-state index in [-0.39, 0.29) is 0 Å². The molecule has 0 amide bonds. The number of ether oxygens (including phenoxy) is 2. The summed E-state index contributed by atoms with van der Waals surface area (Å²) in [4.78, 5) is 20.6. The van der Waals surface area contributed by atoms with E-state index in [4.69, 9.17) is 9.47 Å². The molecule has 3 rings (SSSR count). The lowest BCUT2D eigenvalue weighted by atomic mass is 10.1. The van der Waals surface area contributed by atoms with Crippen LogP contribution in [0.4, 0.5) is 17.5 Å². The van der Waals surface area contributed by atoms with Crippen LogP contribution in [0.2, 0.25) is 0 Å². The van der Waals surface area contributed by atoms with Gasteiger partial charge in [-0.15, -0.1) is 0 Å². The zero-order valence-electron chi connectivity index (χ0n) is 16.7. The number of carbonyl (C=O) groups excluding carboxylic acids is 1. The van der Waals surface area contributed by atoms with E-state index >= 15 is 0 Å². The van der Waals surface area contributed by atoms with E-state index in [1.807, 2.05) is 37.3 Å². The number of nitrogens with one attached hydrogen (secondary N) is 2. The van der Waals surface area contributed by atoms with Gasteiger partial charge in [-0.1, -0.05) is 18.2 Å². The predicted octanol–water partition coefficient (Wildman–Crippen LogP) is 3.98. The first-order chi connectivity index (χ1) is 14.1. The minimum atomic E-state index is -0.390. The molecule has 0 spiro atoms. The van der Waals surface area contributed by atoms with Gasteiger partial charge in [0.05, 0.1) is 19.8 Å². The van der Waals surface area contributed by atoms with Gasteiger partial charge in [0.25, 0.3) is 0 Å². The molecule has 0 saturated heterocycles. The van der Waals surface area contributed by atoms with E-state index in [0.29, 0.717) is 17.2 Å². The first-order valence-electron chi connectivity index (χ1n) is 9.25. The smallest absolute Gasteiger partial charge is 0.337 e. The van der Waals surface area contributed by atoms with Gasteiger partial charge in [-0.2, -0.15) is 4.98 Å². The van der Waals surface area contributed by atoms with E-state index in [2.05, 4.69) is 26.7 Å². The van der Waals surface area contributed by atoms with Crippen LogP contribution in [0.15, 0.2) is 54.6 Å². The Morgan fingerprint density at radius 3 is 2.66 bits per heavy atom. The molecule has 2 N–H and O–H groups in total. The van der Waals surface area contributed by atoms with Crippen molar-refractivity contribution < 1.29 is 14.3 Å². The number of rotatable bonds is 8. The fourth-order valence-electron chi connectivity index (χ4n) is 2.85. The topological polar surface area (TPSA) is 85.4 Å². The second kappa shape index (κ2) is 9.54. The van der Waals surface area contributed by atoms with Gasteiger partial charge in [0, 0.05) is 24.0 Å². The van der Waals surface area contributed by atoms with Crippen LogP contribution < -0.4 is 15.4 Å². The first kappa shape index (κ1) is 20.1. The maximum absolute atomic E-state index is 11.7. The predicted molar refractivity (Wildman–Crippen MR) is 113 cm³/mol. The van der Waals surface area contributed by atoms with Crippen LogP contribution in [-0.4, -0.2) is 36.7 Å². The second-order valence-corrected chi connectivity index (χ2v) is 6.44. The lowest BCUT2D eigenvalue weighted by molar-refractivity contribution is 0.0601. The highest BCUT2D eigenvalue weighted by Gasteiger charge is 2.08. The lowest BCUT2D eigenvalue weighted by Gasteiger charge is -2.11. The maximum atomic E-state index is 11.7. The maximum Gasteiger partial charge on any atom is 0.337 e. The highest BCUT2D eigenvalue weighted by Crippen LogP contribution is 2.18. The molecule has 0 aliphatic heterocycles. The number of anilines is 3. The standard InChI is InChI=1S/C22H24N4O3/c1-15-12-20(23-11-10-16-6-4-9-19(13-16)28-2)26-22(24-15)25-18-8-5-7-17(14-18)21(27)29-3/h4-9,12-14H,10-11H2,1-3H3,(H2,23,24,25,26). The Morgan fingerprint density at radius 1 is 1.03 bits per heavy atom. The van der Waals surface area contributed by atoms with Crippen LogP contribution in [-0.2, 0) is 11.2 Å². The highest BCUT2D eigenvalue weighted by atomic mass is 16.5. The molecule has 0 bridgehead atoms. The highest BCUT2D eigenvalue weighted by molar-refractivity contribution is 5.90. The molecule has 1 aromatic heterocycles. The van der Waals surface area contributed by atoms with Crippen molar-refractivity contribution in [2.75, 3.05) is 31.4 Å². The van der Waals surface area contributed by atoms with Crippen molar-refractivity contribution in [2.45, 2.75) is 13.3 Å². The second-order valence-electron chi connectivity index (χ2n) is 6.44. The van der Waals surface area contributed by atoms with Crippen LogP contribution in [0.25, 0.3) is 0 Å². The van der Waals surface area contributed by atoms with Crippen molar-refractivity contribution in [1.29, 1.82) is 0 Å². The third-order valence-corrected chi connectivity index (χ3v) is 4.25. The van der Waals surface area contributed by atoms with E-state index < -0.39 is 5.97 Å². The van der Waals surface area contributed by atoms with E-state index in [1.165, 1.54) is 12.7 Å². The quantitative estimate of drug-likeness (QED) is 0.561. The Labute approximate surface area is 170 Å². The number of esters is 1. The minimum absolute atomic E-state index is 0.390. The molecule has 0 fully saturated rings. The Bertz CT molecular complexity index is 991. The van der Waals surface area contributed by atoms with Crippen LogP contribution in [0.5, 0.6) is 5.75 Å². The summed E-state index contributed by atoms with van der Waals surface area (Å²) in [7, 11) is 3.02. The van der Waals surface area contributed by atoms with Crippen molar-refractivity contribution >= 4 is 23.4 Å². The first-order valence-corrected chi connectivity index (χ1v) is 9.25. The number of hydrogen-bond acceptors (Lipinski definition) is 7. The molecule has 29 heavy (non-hydrogen) atoms. The van der Waals surface area contributed by atoms with Gasteiger partial charge in [0.1, 0.15) is 11.6 Å². The van der Waals surface area contributed by atoms with Crippen LogP contribution in [0, 0.1) is 6.92 Å². The summed E-state index contributed by atoms with van der Waals surface area (Å²) >= 11 is 0. The molecule has 0 unspecified atom stereocenters. The summed E-state index contributed by atoms with van der Waals surface area (Å²) in [5.41, 5.74) is 3.18. The molecule has 0 aliphatic rings. The van der Waals surface area contributed by atoms with Crippen molar-refractivity contribution in [3.05, 3.63) is 71.4 Å². The van der Waals surface area contributed by atoms with Gasteiger partial charge in [-0.3, -0.25) is 0 Å². The summed E-state index contributed by atoms with van der Waals surface area (Å²) in [5.74, 6) is 1.64. The third-order valence-electron chi connectivity index (χ3n) is 4.25. The Hall–Kier alpha value is -3.61. The van der Waals surface area contributed by atoms with Crippen molar-refractivity contribution in [3.8, 4) is 5.75 Å². The molecule has 150 valence electrons. The number of aryl methyl sites for hydroxylation is 1. The minimum Gasteiger partial charge on any atom is -0.497 e. The average Bonchev–Trinajstić information content (AvgIpc) is 2.73. The number of nitrogens with zero attached hydrogens (tertiary/aromatic N) is 2. The molecule has 2 aromatic carbocycles. The summed E-state index contributed by atoms with van der Waals surface area (Å²) in [6.45, 7) is 2.63.